The Balaban J connectivity index is 2.21. The predicted octanol–water partition coefficient (Wildman–Crippen LogP) is 4.09. The molecule has 2 N–H and O–H groups in total. The maximum absolute atomic E-state index is 12.7. The van der Waals surface area contributed by atoms with Crippen molar-refractivity contribution in [3.63, 3.8) is 0 Å². The number of carbonyl (C=O) groups is 2. The topological polar surface area (TPSA) is 85.9 Å². The number of nitrogens with one attached hydrogen (secondary N) is 2. The Morgan fingerprint density at radius 1 is 0.929 bits per heavy atom. The molecule has 0 aliphatic carbocycles. The van der Waals surface area contributed by atoms with Crippen LogP contribution in [-0.2, 0) is 4.79 Å². The van der Waals surface area contributed by atoms with Gasteiger partial charge in [-0.3, -0.25) is 9.59 Å². The smallest absolute Gasteiger partial charge is 0.255 e. The zero-order valence-corrected chi connectivity index (χ0v) is 16.6. The molecular formula is C21H26N2O5. The van der Waals surface area contributed by atoms with E-state index in [9.17, 15) is 9.59 Å². The summed E-state index contributed by atoms with van der Waals surface area (Å²) in [5.74, 6) is 1.02. The normalized spacial score (nSPS) is 10.1. The van der Waals surface area contributed by atoms with Gasteiger partial charge in [0.05, 0.1) is 26.5 Å². The summed E-state index contributed by atoms with van der Waals surface area (Å²) in [5.41, 5.74) is 1.41. The Hall–Kier alpha value is -3.22. The molecular weight excluding hydrogens is 360 g/mol. The van der Waals surface area contributed by atoms with Gasteiger partial charge in [0.2, 0.25) is 5.91 Å². The first-order chi connectivity index (χ1) is 13.5. The van der Waals surface area contributed by atoms with Crippen molar-refractivity contribution in [2.24, 2.45) is 0 Å². The molecule has 0 saturated carbocycles. The minimum atomic E-state index is -0.336. The molecule has 7 heteroatoms. The average Bonchev–Trinajstić information content (AvgIpc) is 2.68. The molecule has 0 aliphatic rings. The van der Waals surface area contributed by atoms with Gasteiger partial charge in [-0.25, -0.2) is 0 Å². The summed E-state index contributed by atoms with van der Waals surface area (Å²) in [6.07, 6.45) is 1.97. The largest absolute Gasteiger partial charge is 0.495 e. The molecule has 2 aromatic rings. The van der Waals surface area contributed by atoms with Crippen molar-refractivity contribution >= 4 is 23.2 Å². The van der Waals surface area contributed by atoms with Crippen LogP contribution in [0.2, 0.25) is 0 Å². The Kier molecular flexibility index (Phi) is 7.68. The van der Waals surface area contributed by atoms with Crippen molar-refractivity contribution in [3.8, 4) is 17.2 Å². The van der Waals surface area contributed by atoms with Crippen molar-refractivity contribution < 1.29 is 23.8 Å². The maximum atomic E-state index is 12.7. The van der Waals surface area contributed by atoms with Gasteiger partial charge in [-0.15, -0.1) is 0 Å². The summed E-state index contributed by atoms with van der Waals surface area (Å²) in [5, 5.41) is 5.48. The lowest BCUT2D eigenvalue weighted by Gasteiger charge is -2.14. The van der Waals surface area contributed by atoms with Gasteiger partial charge in [0.15, 0.2) is 11.5 Å². The molecule has 0 unspecified atom stereocenters. The minimum absolute atomic E-state index is 0.203. The summed E-state index contributed by atoms with van der Waals surface area (Å²) in [4.78, 5) is 24.0. The molecule has 0 aliphatic heterocycles. The summed E-state index contributed by atoms with van der Waals surface area (Å²) in [7, 11) is 3.04. The summed E-state index contributed by atoms with van der Waals surface area (Å²) in [6, 6.07) is 10.0. The molecule has 0 atom stereocenters. The van der Waals surface area contributed by atoms with Gasteiger partial charge in [-0.05, 0) is 42.8 Å². The number of rotatable bonds is 9. The number of methoxy groups -OCH3 is 2. The molecule has 2 aromatic carbocycles. The van der Waals surface area contributed by atoms with Gasteiger partial charge >= 0.3 is 0 Å². The number of amides is 2. The zero-order valence-electron chi connectivity index (χ0n) is 16.6. The third-order valence-electron chi connectivity index (χ3n) is 3.95. The van der Waals surface area contributed by atoms with Gasteiger partial charge < -0.3 is 24.8 Å². The van der Waals surface area contributed by atoms with Crippen LogP contribution in [0.1, 0.15) is 37.0 Å². The lowest BCUT2D eigenvalue weighted by atomic mass is 10.1. The van der Waals surface area contributed by atoms with Crippen LogP contribution in [0, 0.1) is 0 Å². The van der Waals surface area contributed by atoms with Crippen molar-refractivity contribution in [2.75, 3.05) is 31.5 Å². The molecule has 0 spiro atoms. The highest BCUT2D eigenvalue weighted by Crippen LogP contribution is 2.31. The quantitative estimate of drug-likeness (QED) is 0.634. The number of hydrogen-bond acceptors (Lipinski definition) is 5. The Morgan fingerprint density at radius 3 is 2.29 bits per heavy atom. The predicted molar refractivity (Wildman–Crippen MR) is 109 cm³/mol. The molecule has 2 rings (SSSR count). The molecule has 150 valence electrons. The molecule has 0 aromatic heterocycles. The van der Waals surface area contributed by atoms with Crippen LogP contribution in [0.15, 0.2) is 36.4 Å². The van der Waals surface area contributed by atoms with E-state index >= 15 is 0 Å². The summed E-state index contributed by atoms with van der Waals surface area (Å²) >= 11 is 0. The van der Waals surface area contributed by atoms with Crippen molar-refractivity contribution in [3.05, 3.63) is 42.0 Å². The van der Waals surface area contributed by atoms with Gasteiger partial charge in [0, 0.05) is 18.2 Å². The van der Waals surface area contributed by atoms with E-state index in [1.165, 1.54) is 21.1 Å². The van der Waals surface area contributed by atoms with Gasteiger partial charge in [0.25, 0.3) is 5.91 Å². The molecule has 0 radical (unpaired) electrons. The lowest BCUT2D eigenvalue weighted by molar-refractivity contribution is -0.114. The number of ether oxygens (including phenoxy) is 3. The van der Waals surface area contributed by atoms with Crippen LogP contribution >= 0.6 is 0 Å². The second kappa shape index (κ2) is 10.2. The van der Waals surface area contributed by atoms with Crippen LogP contribution in [0.4, 0.5) is 11.4 Å². The van der Waals surface area contributed by atoms with E-state index in [1.54, 1.807) is 36.4 Å². The van der Waals surface area contributed by atoms with E-state index < -0.39 is 0 Å². The number of benzene rings is 2. The molecule has 2 amide bonds. The first kappa shape index (κ1) is 21.1. The van der Waals surface area contributed by atoms with Crippen LogP contribution in [0.5, 0.6) is 17.2 Å². The SMILES string of the molecule is CCCCOc1ccc(C(=O)Nc2cc(NC(C)=O)ccc2OC)cc1OC. The third-order valence-corrected chi connectivity index (χ3v) is 3.95. The van der Waals surface area contributed by atoms with Gasteiger partial charge in [-0.2, -0.15) is 0 Å². The second-order valence-corrected chi connectivity index (χ2v) is 6.12. The minimum Gasteiger partial charge on any atom is -0.495 e. The first-order valence-corrected chi connectivity index (χ1v) is 9.06. The first-order valence-electron chi connectivity index (χ1n) is 9.06. The summed E-state index contributed by atoms with van der Waals surface area (Å²) < 4.78 is 16.3. The monoisotopic (exact) mass is 386 g/mol. The highest BCUT2D eigenvalue weighted by molar-refractivity contribution is 6.06. The molecule has 0 saturated heterocycles. The number of unbranched alkanes of at least 4 members (excludes halogenated alkanes) is 1. The molecule has 0 bridgehead atoms. The maximum Gasteiger partial charge on any atom is 0.255 e. The Morgan fingerprint density at radius 2 is 1.64 bits per heavy atom. The number of hydrogen-bond donors (Lipinski definition) is 2. The highest BCUT2D eigenvalue weighted by Gasteiger charge is 2.14. The Labute approximate surface area is 165 Å². The van der Waals surface area contributed by atoms with E-state index in [2.05, 4.69) is 17.6 Å². The molecule has 0 heterocycles. The van der Waals surface area contributed by atoms with Gasteiger partial charge in [0.1, 0.15) is 5.75 Å². The van der Waals surface area contributed by atoms with E-state index in [-0.39, 0.29) is 11.8 Å². The van der Waals surface area contributed by atoms with Gasteiger partial charge in [-0.1, -0.05) is 13.3 Å². The zero-order chi connectivity index (χ0) is 20.5. The molecule has 28 heavy (non-hydrogen) atoms. The van der Waals surface area contributed by atoms with Crippen molar-refractivity contribution in [2.45, 2.75) is 26.7 Å². The average molecular weight is 386 g/mol. The second-order valence-electron chi connectivity index (χ2n) is 6.12. The standard InChI is InChI=1S/C21H26N2O5/c1-5-6-11-28-19-9-7-15(12-20(19)27-4)21(25)23-17-13-16(22-14(2)24)8-10-18(17)26-3/h7-10,12-13H,5-6,11H2,1-4H3,(H,22,24)(H,23,25). The Bertz CT molecular complexity index is 836. The van der Waals surface area contributed by atoms with E-state index in [0.29, 0.717) is 40.8 Å². The highest BCUT2D eigenvalue weighted by atomic mass is 16.5. The fourth-order valence-electron chi connectivity index (χ4n) is 2.54. The number of carbonyl (C=O) groups excluding carboxylic acids is 2. The fraction of sp³-hybridized carbons (Fsp3) is 0.333. The lowest BCUT2D eigenvalue weighted by Crippen LogP contribution is -2.14. The number of anilines is 2. The van der Waals surface area contributed by atoms with E-state index in [4.69, 9.17) is 14.2 Å². The van der Waals surface area contributed by atoms with E-state index in [1.807, 2.05) is 0 Å². The summed E-state index contributed by atoms with van der Waals surface area (Å²) in [6.45, 7) is 4.09. The third kappa shape index (κ3) is 5.64. The van der Waals surface area contributed by atoms with Crippen LogP contribution in [-0.4, -0.2) is 32.6 Å². The van der Waals surface area contributed by atoms with Crippen LogP contribution in [0.25, 0.3) is 0 Å². The van der Waals surface area contributed by atoms with E-state index in [0.717, 1.165) is 12.8 Å². The molecule has 0 fully saturated rings. The molecule has 7 nitrogen and oxygen atoms in total. The van der Waals surface area contributed by atoms with Crippen molar-refractivity contribution in [1.29, 1.82) is 0 Å². The van der Waals surface area contributed by atoms with Crippen molar-refractivity contribution in [1.82, 2.24) is 0 Å². The fourth-order valence-corrected chi connectivity index (χ4v) is 2.54. The van der Waals surface area contributed by atoms with Crippen LogP contribution < -0.4 is 24.8 Å². The van der Waals surface area contributed by atoms with Crippen LogP contribution in [0.3, 0.4) is 0 Å².